The fourth-order valence-electron chi connectivity index (χ4n) is 3.87. The number of fused-ring (bicyclic) bond motifs is 2. The van der Waals surface area contributed by atoms with Gasteiger partial charge in [-0.05, 0) is 67.9 Å². The molecular weight excluding hydrogens is 400 g/mol. The number of benzene rings is 2. The third-order valence-electron chi connectivity index (χ3n) is 5.33. The minimum Gasteiger partial charge on any atom is -0.355 e. The van der Waals surface area contributed by atoms with E-state index in [4.69, 9.17) is 16.6 Å². The third kappa shape index (κ3) is 5.12. The predicted octanol–water partition coefficient (Wildman–Crippen LogP) is 5.61. The fourth-order valence-corrected chi connectivity index (χ4v) is 5.13. The van der Waals surface area contributed by atoms with Gasteiger partial charge in [-0.2, -0.15) is 0 Å². The predicted molar refractivity (Wildman–Crippen MR) is 122 cm³/mol. The number of halogens is 1. The number of aryl methyl sites for hydroxylation is 2. The van der Waals surface area contributed by atoms with Gasteiger partial charge in [0.25, 0.3) is 0 Å². The molecule has 150 valence electrons. The lowest BCUT2D eigenvalue weighted by molar-refractivity contribution is -0.118. The van der Waals surface area contributed by atoms with Gasteiger partial charge in [0.15, 0.2) is 0 Å². The standard InChI is InChI=1S/C24H25ClN2OS/c25-18-12-13-22-20(15-18)24(19-10-4-5-11-21(19)27-22)29-16-23(28)26-14-6-9-17-7-2-1-3-8-17/h1-3,7-8,12-13,15H,4-6,9-11,14,16H2,(H,26,28). The lowest BCUT2D eigenvalue weighted by atomic mass is 9.94. The molecule has 0 unspecified atom stereocenters. The van der Waals surface area contributed by atoms with E-state index in [0.29, 0.717) is 17.3 Å². The van der Waals surface area contributed by atoms with Gasteiger partial charge in [0, 0.05) is 27.5 Å². The molecule has 1 aliphatic rings. The normalized spacial score (nSPS) is 13.3. The van der Waals surface area contributed by atoms with E-state index in [1.807, 2.05) is 24.3 Å². The molecule has 1 heterocycles. The van der Waals surface area contributed by atoms with E-state index in [1.54, 1.807) is 11.8 Å². The maximum Gasteiger partial charge on any atom is 0.230 e. The fraction of sp³-hybridized carbons (Fsp3) is 0.333. The molecule has 0 radical (unpaired) electrons. The number of nitrogens with zero attached hydrogens (tertiary/aromatic N) is 1. The second-order valence-corrected chi connectivity index (χ2v) is 8.88. The average Bonchev–Trinajstić information content (AvgIpc) is 2.75. The summed E-state index contributed by atoms with van der Waals surface area (Å²) >= 11 is 7.88. The molecule has 0 bridgehead atoms. The number of nitrogens with one attached hydrogen (secondary N) is 1. The highest BCUT2D eigenvalue weighted by Gasteiger charge is 2.19. The number of thioether (sulfide) groups is 1. The van der Waals surface area contributed by atoms with Gasteiger partial charge in [-0.15, -0.1) is 11.8 Å². The van der Waals surface area contributed by atoms with Crippen molar-refractivity contribution < 1.29 is 4.79 Å². The van der Waals surface area contributed by atoms with E-state index >= 15 is 0 Å². The Morgan fingerprint density at radius 3 is 2.79 bits per heavy atom. The lowest BCUT2D eigenvalue weighted by Gasteiger charge is -2.20. The molecule has 1 amide bonds. The second kappa shape index (κ2) is 9.64. The Morgan fingerprint density at radius 2 is 1.93 bits per heavy atom. The average molecular weight is 425 g/mol. The first-order valence-electron chi connectivity index (χ1n) is 10.2. The summed E-state index contributed by atoms with van der Waals surface area (Å²) < 4.78 is 0. The summed E-state index contributed by atoms with van der Waals surface area (Å²) in [6.07, 6.45) is 6.35. The first-order valence-corrected chi connectivity index (χ1v) is 11.6. The van der Waals surface area contributed by atoms with Crippen LogP contribution in [-0.4, -0.2) is 23.2 Å². The smallest absolute Gasteiger partial charge is 0.230 e. The van der Waals surface area contributed by atoms with E-state index in [1.165, 1.54) is 34.6 Å². The summed E-state index contributed by atoms with van der Waals surface area (Å²) in [5.74, 6) is 0.503. The molecule has 5 heteroatoms. The van der Waals surface area contributed by atoms with Crippen LogP contribution in [0.5, 0.6) is 0 Å². The maximum atomic E-state index is 12.4. The molecule has 0 saturated heterocycles. The highest BCUT2D eigenvalue weighted by atomic mass is 35.5. The van der Waals surface area contributed by atoms with Gasteiger partial charge in [-0.25, -0.2) is 0 Å². The first kappa shape index (κ1) is 20.2. The minimum absolute atomic E-state index is 0.0830. The zero-order chi connectivity index (χ0) is 20.1. The summed E-state index contributed by atoms with van der Waals surface area (Å²) in [4.78, 5) is 18.5. The molecule has 1 N–H and O–H groups in total. The molecule has 29 heavy (non-hydrogen) atoms. The molecule has 3 aromatic rings. The minimum atomic E-state index is 0.0830. The van der Waals surface area contributed by atoms with E-state index in [0.717, 1.165) is 36.6 Å². The SMILES string of the molecule is O=C(CSc1c2c(nc3ccc(Cl)cc13)CCCC2)NCCCc1ccccc1. The zero-order valence-electron chi connectivity index (χ0n) is 16.4. The Kier molecular flexibility index (Phi) is 6.73. The first-order chi connectivity index (χ1) is 14.2. The number of rotatable bonds is 7. The number of hydrogen-bond donors (Lipinski definition) is 1. The van der Waals surface area contributed by atoms with Gasteiger partial charge < -0.3 is 5.32 Å². The van der Waals surface area contributed by atoms with Crippen molar-refractivity contribution in [3.05, 3.63) is 70.4 Å². The Balaban J connectivity index is 1.39. The van der Waals surface area contributed by atoms with Crippen molar-refractivity contribution in [2.75, 3.05) is 12.3 Å². The number of carbonyl (C=O) groups excluding carboxylic acids is 1. The van der Waals surface area contributed by atoms with Crippen LogP contribution in [0, 0.1) is 0 Å². The number of pyridine rings is 1. The van der Waals surface area contributed by atoms with E-state index in [9.17, 15) is 4.79 Å². The second-order valence-electron chi connectivity index (χ2n) is 7.46. The monoisotopic (exact) mass is 424 g/mol. The lowest BCUT2D eigenvalue weighted by Crippen LogP contribution is -2.26. The van der Waals surface area contributed by atoms with Crippen molar-refractivity contribution in [3.8, 4) is 0 Å². The van der Waals surface area contributed by atoms with Gasteiger partial charge in [-0.1, -0.05) is 41.9 Å². The Labute approximate surface area is 181 Å². The van der Waals surface area contributed by atoms with Gasteiger partial charge >= 0.3 is 0 Å². The van der Waals surface area contributed by atoms with Crippen molar-refractivity contribution >= 4 is 40.2 Å². The summed E-state index contributed by atoms with van der Waals surface area (Å²) in [5.41, 5.74) is 4.79. The van der Waals surface area contributed by atoms with E-state index in [-0.39, 0.29) is 5.91 Å². The van der Waals surface area contributed by atoms with Gasteiger partial charge in [-0.3, -0.25) is 9.78 Å². The molecule has 3 nitrogen and oxygen atoms in total. The van der Waals surface area contributed by atoms with Gasteiger partial charge in [0.05, 0.1) is 11.3 Å². The molecule has 0 saturated carbocycles. The molecule has 0 spiro atoms. The van der Waals surface area contributed by atoms with Gasteiger partial charge in [0.1, 0.15) is 0 Å². The van der Waals surface area contributed by atoms with Crippen molar-refractivity contribution in [1.29, 1.82) is 0 Å². The molecule has 0 fully saturated rings. The third-order valence-corrected chi connectivity index (χ3v) is 6.72. The van der Waals surface area contributed by atoms with Crippen molar-refractivity contribution in [3.63, 3.8) is 0 Å². The Morgan fingerprint density at radius 1 is 1.10 bits per heavy atom. The maximum absolute atomic E-state index is 12.4. The number of amides is 1. The Bertz CT molecular complexity index is 1010. The van der Waals surface area contributed by atoms with Crippen LogP contribution >= 0.6 is 23.4 Å². The molecular formula is C24H25ClN2OS. The number of carbonyl (C=O) groups is 1. The summed E-state index contributed by atoms with van der Waals surface area (Å²) in [7, 11) is 0. The van der Waals surface area contributed by atoms with Crippen LogP contribution in [0.15, 0.2) is 53.4 Å². The number of hydrogen-bond acceptors (Lipinski definition) is 3. The highest BCUT2D eigenvalue weighted by molar-refractivity contribution is 8.00. The van der Waals surface area contributed by atoms with Crippen LogP contribution in [0.4, 0.5) is 0 Å². The topological polar surface area (TPSA) is 42.0 Å². The van der Waals surface area contributed by atoms with Crippen LogP contribution in [0.3, 0.4) is 0 Å². The van der Waals surface area contributed by atoms with E-state index in [2.05, 4.69) is 29.6 Å². The van der Waals surface area contributed by atoms with Crippen LogP contribution < -0.4 is 5.32 Å². The number of aromatic nitrogens is 1. The van der Waals surface area contributed by atoms with Gasteiger partial charge in [0.2, 0.25) is 5.91 Å². The molecule has 2 aromatic carbocycles. The van der Waals surface area contributed by atoms with Crippen molar-refractivity contribution in [2.45, 2.75) is 43.4 Å². The summed E-state index contributed by atoms with van der Waals surface area (Å²) in [6, 6.07) is 16.2. The Hall–Kier alpha value is -2.04. The molecule has 4 rings (SSSR count). The largest absolute Gasteiger partial charge is 0.355 e. The zero-order valence-corrected chi connectivity index (χ0v) is 18.0. The molecule has 0 aliphatic heterocycles. The summed E-state index contributed by atoms with van der Waals surface area (Å²) in [5, 5.41) is 4.84. The van der Waals surface area contributed by atoms with Crippen LogP contribution in [0.2, 0.25) is 5.02 Å². The highest BCUT2D eigenvalue weighted by Crippen LogP contribution is 2.36. The van der Waals surface area contributed by atoms with Crippen molar-refractivity contribution in [1.82, 2.24) is 10.3 Å². The van der Waals surface area contributed by atoms with Crippen molar-refractivity contribution in [2.24, 2.45) is 0 Å². The van der Waals surface area contributed by atoms with E-state index < -0.39 is 0 Å². The van der Waals surface area contributed by atoms with Crippen LogP contribution in [0.25, 0.3) is 10.9 Å². The molecule has 1 aromatic heterocycles. The summed E-state index contributed by atoms with van der Waals surface area (Å²) in [6.45, 7) is 0.704. The molecule has 1 aliphatic carbocycles. The van der Waals surface area contributed by atoms with Crippen LogP contribution in [-0.2, 0) is 24.1 Å². The van der Waals surface area contributed by atoms with Crippen LogP contribution in [0.1, 0.15) is 36.1 Å². The quantitative estimate of drug-likeness (QED) is 0.396. The molecule has 0 atom stereocenters.